The maximum Gasteiger partial charge on any atom is 0.331 e. The van der Waals surface area contributed by atoms with E-state index in [0.717, 1.165) is 29.7 Å². The molecule has 5 aliphatic carbocycles. The molecule has 1 aromatic carbocycles. The van der Waals surface area contributed by atoms with Gasteiger partial charge in [-0.3, -0.25) is 0 Å². The van der Waals surface area contributed by atoms with Crippen molar-refractivity contribution in [2.24, 2.45) is 56.7 Å². The van der Waals surface area contributed by atoms with E-state index in [2.05, 4.69) is 55.0 Å². The number of rotatable bonds is 9. The molecule has 5 fully saturated rings. The predicted octanol–water partition coefficient (Wildman–Crippen LogP) is 10.4. The molecular formula is C41H60O4. The van der Waals surface area contributed by atoms with Crippen molar-refractivity contribution >= 4 is 12.0 Å². The Bertz CT molecular complexity index is 1360. The lowest BCUT2D eigenvalue weighted by molar-refractivity contribution is -0.185. The fraction of sp³-hybridized carbons (Fsp3) is 0.732. The maximum atomic E-state index is 13.1. The van der Waals surface area contributed by atoms with Crippen LogP contribution in [0.2, 0.25) is 0 Å². The Kier molecular flexibility index (Phi) is 8.13. The molecule has 2 spiro atoms. The Morgan fingerprint density at radius 3 is 2.49 bits per heavy atom. The lowest BCUT2D eigenvalue weighted by atomic mass is 9.41. The molecule has 4 nitrogen and oxygen atoms in total. The number of carbonyl (C=O) groups excluding carboxylic acids is 1. The molecule has 6 rings (SSSR count). The zero-order valence-corrected chi connectivity index (χ0v) is 29.5. The van der Waals surface area contributed by atoms with Gasteiger partial charge in [0, 0.05) is 11.5 Å². The highest BCUT2D eigenvalue weighted by molar-refractivity contribution is 5.87. The average molecular weight is 617 g/mol. The van der Waals surface area contributed by atoms with Gasteiger partial charge in [-0.1, -0.05) is 66.7 Å². The van der Waals surface area contributed by atoms with Crippen molar-refractivity contribution < 1.29 is 19.4 Å². The van der Waals surface area contributed by atoms with Crippen LogP contribution in [0.1, 0.15) is 125 Å². The summed E-state index contributed by atoms with van der Waals surface area (Å²) in [6, 6.07) is 5.08. The van der Waals surface area contributed by atoms with E-state index in [-0.39, 0.29) is 23.2 Å². The summed E-state index contributed by atoms with van der Waals surface area (Å²) in [5.74, 6) is 3.85. The number of aromatic hydroxyl groups is 1. The number of carbonyl (C=O) groups is 1. The first-order valence-electron chi connectivity index (χ1n) is 18.1. The first kappa shape index (κ1) is 32.7. The third-order valence-corrected chi connectivity index (χ3v) is 15.3. The van der Waals surface area contributed by atoms with Crippen molar-refractivity contribution in [3.8, 4) is 11.5 Å². The number of methoxy groups -OCH3 is 1. The third-order valence-electron chi connectivity index (χ3n) is 15.3. The summed E-state index contributed by atoms with van der Waals surface area (Å²) in [6.07, 6.45) is 17.5. The SMILES string of the molecule is C=C(CC[C@H](C)[C@H]1CC[C@@H]2[C@]1(C)CC[C@]13C[C@@]14CC[C@H](OC(=O)/C=C/c1ccc(O)c(OC)c1)C(C)(C)[C@@H]4CC[C@@]23C)C(C)C. The van der Waals surface area contributed by atoms with Crippen LogP contribution in [-0.2, 0) is 9.53 Å². The van der Waals surface area contributed by atoms with Gasteiger partial charge in [0.15, 0.2) is 11.5 Å². The summed E-state index contributed by atoms with van der Waals surface area (Å²) in [7, 11) is 1.52. The summed E-state index contributed by atoms with van der Waals surface area (Å²) in [5, 5.41) is 9.89. The third kappa shape index (κ3) is 4.85. The maximum absolute atomic E-state index is 13.1. The molecule has 0 bridgehead atoms. The summed E-state index contributed by atoms with van der Waals surface area (Å²) >= 11 is 0. The molecule has 0 aliphatic heterocycles. The minimum atomic E-state index is -0.279. The summed E-state index contributed by atoms with van der Waals surface area (Å²) in [6.45, 7) is 21.7. The Hall–Kier alpha value is -2.23. The van der Waals surface area contributed by atoms with Crippen molar-refractivity contribution in [2.75, 3.05) is 7.11 Å². The zero-order chi connectivity index (χ0) is 32.6. The minimum Gasteiger partial charge on any atom is -0.504 e. The molecule has 9 atom stereocenters. The highest BCUT2D eigenvalue weighted by atomic mass is 16.5. The topological polar surface area (TPSA) is 55.8 Å². The van der Waals surface area contributed by atoms with Crippen LogP contribution in [0, 0.1) is 56.7 Å². The number of phenols is 1. The molecule has 248 valence electrons. The summed E-state index contributed by atoms with van der Waals surface area (Å²) < 4.78 is 11.5. The molecule has 0 amide bonds. The van der Waals surface area contributed by atoms with Gasteiger partial charge in [-0.15, -0.1) is 0 Å². The van der Waals surface area contributed by atoms with Crippen LogP contribution in [-0.4, -0.2) is 24.3 Å². The number of phenolic OH excluding ortho intramolecular Hbond substituents is 1. The van der Waals surface area contributed by atoms with Crippen LogP contribution in [0.3, 0.4) is 0 Å². The highest BCUT2D eigenvalue weighted by Crippen LogP contribution is 2.90. The Morgan fingerprint density at radius 1 is 1.02 bits per heavy atom. The number of esters is 1. The molecule has 0 heterocycles. The molecule has 0 unspecified atom stereocenters. The van der Waals surface area contributed by atoms with E-state index >= 15 is 0 Å². The molecule has 0 saturated heterocycles. The van der Waals surface area contributed by atoms with Gasteiger partial charge in [0.25, 0.3) is 0 Å². The lowest BCUT2D eigenvalue weighted by Crippen LogP contribution is -2.58. The predicted molar refractivity (Wildman–Crippen MR) is 183 cm³/mol. The van der Waals surface area contributed by atoms with E-state index in [1.54, 1.807) is 24.3 Å². The second-order valence-corrected chi connectivity index (χ2v) is 17.5. The van der Waals surface area contributed by atoms with E-state index in [9.17, 15) is 9.90 Å². The van der Waals surface area contributed by atoms with Crippen molar-refractivity contribution in [3.63, 3.8) is 0 Å². The molecule has 45 heavy (non-hydrogen) atoms. The van der Waals surface area contributed by atoms with E-state index in [0.29, 0.717) is 39.2 Å². The molecule has 5 aliphatic rings. The van der Waals surface area contributed by atoms with Gasteiger partial charge in [0.05, 0.1) is 7.11 Å². The average Bonchev–Trinajstić information content (AvgIpc) is 3.53. The normalized spacial score (nSPS) is 40.2. The van der Waals surface area contributed by atoms with Crippen LogP contribution in [0.25, 0.3) is 6.08 Å². The van der Waals surface area contributed by atoms with Gasteiger partial charge in [-0.25, -0.2) is 4.79 Å². The fourth-order valence-electron chi connectivity index (χ4n) is 12.7. The first-order chi connectivity index (χ1) is 21.1. The smallest absolute Gasteiger partial charge is 0.331 e. The van der Waals surface area contributed by atoms with Crippen LogP contribution >= 0.6 is 0 Å². The van der Waals surface area contributed by atoms with Crippen LogP contribution < -0.4 is 4.74 Å². The quantitative estimate of drug-likeness (QED) is 0.170. The first-order valence-corrected chi connectivity index (χ1v) is 18.1. The molecule has 1 N–H and O–H groups in total. The van der Waals surface area contributed by atoms with Crippen LogP contribution in [0.5, 0.6) is 11.5 Å². The Labute approximate surface area is 273 Å². The van der Waals surface area contributed by atoms with E-state index < -0.39 is 0 Å². The van der Waals surface area contributed by atoms with Crippen LogP contribution in [0.4, 0.5) is 0 Å². The second kappa shape index (κ2) is 11.2. The van der Waals surface area contributed by atoms with Gasteiger partial charge < -0.3 is 14.6 Å². The monoisotopic (exact) mass is 616 g/mol. The molecular weight excluding hydrogens is 556 g/mol. The molecule has 0 aromatic heterocycles. The largest absolute Gasteiger partial charge is 0.504 e. The molecule has 5 saturated carbocycles. The summed E-state index contributed by atoms with van der Waals surface area (Å²) in [5.41, 5.74) is 3.97. The minimum absolute atomic E-state index is 0.0410. The zero-order valence-electron chi connectivity index (χ0n) is 29.5. The number of hydrogen-bond donors (Lipinski definition) is 1. The molecule has 4 heteroatoms. The molecule has 0 radical (unpaired) electrons. The van der Waals surface area contributed by atoms with E-state index in [1.807, 2.05) is 0 Å². The number of benzene rings is 1. The number of hydrogen-bond acceptors (Lipinski definition) is 4. The summed E-state index contributed by atoms with van der Waals surface area (Å²) in [4.78, 5) is 13.1. The van der Waals surface area contributed by atoms with Gasteiger partial charge >= 0.3 is 5.97 Å². The van der Waals surface area contributed by atoms with E-state index in [4.69, 9.17) is 9.47 Å². The van der Waals surface area contributed by atoms with Crippen molar-refractivity contribution in [2.45, 2.75) is 125 Å². The van der Waals surface area contributed by atoms with Gasteiger partial charge in [0.2, 0.25) is 0 Å². The standard InChI is InChI=1S/C41H60O4/c1-26(2)27(3)10-11-28(4)30-14-16-34-38(30,7)22-23-41-25-40(41)21-19-35(37(5,6)33(40)18-20-39(34,41)8)45-36(43)17-13-29-12-15-31(42)32(24-29)44-9/h12-13,15,17,24,26,28,30,33-35,42H,3,10-11,14,16,18-23,25H2,1-2,4-9H3/b17-13+/t28-,30+,33-,34+,35-,38+,39-,40+,41+/m0/s1. The number of fused-ring (bicyclic) bond motifs is 2. The van der Waals surface area contributed by atoms with Gasteiger partial charge in [0.1, 0.15) is 6.10 Å². The van der Waals surface area contributed by atoms with Crippen molar-refractivity contribution in [3.05, 3.63) is 42.0 Å². The van der Waals surface area contributed by atoms with Crippen molar-refractivity contribution in [1.82, 2.24) is 0 Å². The van der Waals surface area contributed by atoms with Gasteiger partial charge in [-0.2, -0.15) is 0 Å². The Morgan fingerprint density at radius 2 is 1.78 bits per heavy atom. The highest BCUT2D eigenvalue weighted by Gasteiger charge is 2.83. The number of allylic oxidation sites excluding steroid dienone is 1. The van der Waals surface area contributed by atoms with E-state index in [1.165, 1.54) is 83.0 Å². The fourth-order valence-corrected chi connectivity index (χ4v) is 12.7. The number of ether oxygens (including phenoxy) is 2. The Balaban J connectivity index is 1.15. The van der Waals surface area contributed by atoms with Gasteiger partial charge in [-0.05, 0) is 146 Å². The van der Waals surface area contributed by atoms with Crippen LogP contribution in [0.15, 0.2) is 36.4 Å². The van der Waals surface area contributed by atoms with Crippen molar-refractivity contribution in [1.29, 1.82) is 0 Å². The lowest BCUT2D eigenvalue weighted by Gasteiger charge is -2.64. The second-order valence-electron chi connectivity index (χ2n) is 17.5. The molecule has 1 aromatic rings.